The number of amides is 2. The molecule has 1 unspecified atom stereocenters. The molecule has 2 heterocycles. The van der Waals surface area contributed by atoms with E-state index in [1.165, 1.54) is 6.20 Å². The Morgan fingerprint density at radius 3 is 2.90 bits per heavy atom. The van der Waals surface area contributed by atoms with E-state index in [0.29, 0.717) is 24.4 Å². The minimum absolute atomic E-state index is 0.0250. The fourth-order valence-electron chi connectivity index (χ4n) is 2.17. The fourth-order valence-corrected chi connectivity index (χ4v) is 2.17. The van der Waals surface area contributed by atoms with Crippen LogP contribution in [0.5, 0.6) is 0 Å². The molecule has 7 nitrogen and oxygen atoms in total. The quantitative estimate of drug-likeness (QED) is 0.821. The highest BCUT2D eigenvalue weighted by Gasteiger charge is 2.34. The van der Waals surface area contributed by atoms with Crippen molar-refractivity contribution >= 4 is 11.8 Å². The third-order valence-corrected chi connectivity index (χ3v) is 3.18. The predicted molar refractivity (Wildman–Crippen MR) is 72.2 cm³/mol. The van der Waals surface area contributed by atoms with Crippen LogP contribution in [-0.4, -0.2) is 58.8 Å². The molecule has 1 atom stereocenters. The van der Waals surface area contributed by atoms with Gasteiger partial charge in [0.2, 0.25) is 5.91 Å². The van der Waals surface area contributed by atoms with Crippen LogP contribution < -0.4 is 5.32 Å². The van der Waals surface area contributed by atoms with Crippen LogP contribution in [0.4, 0.5) is 0 Å². The number of hydrogen-bond donors (Lipinski definition) is 2. The summed E-state index contributed by atoms with van der Waals surface area (Å²) in [7, 11) is 0. The number of aromatic amines is 1. The van der Waals surface area contributed by atoms with Crippen LogP contribution in [0, 0.1) is 6.92 Å². The SMILES string of the molecule is Cc1[nH]ncc1C(=O)N1CCOCC1C(=O)NC(C)C. The molecule has 0 saturated carbocycles. The van der Waals surface area contributed by atoms with Crippen molar-refractivity contribution in [2.45, 2.75) is 32.9 Å². The first kappa shape index (κ1) is 14.5. The lowest BCUT2D eigenvalue weighted by Gasteiger charge is -2.34. The van der Waals surface area contributed by atoms with E-state index in [-0.39, 0.29) is 24.5 Å². The number of rotatable bonds is 3. The first-order valence-corrected chi connectivity index (χ1v) is 6.69. The Balaban J connectivity index is 2.17. The average molecular weight is 280 g/mol. The number of carbonyl (C=O) groups excluding carboxylic acids is 2. The number of aromatic nitrogens is 2. The van der Waals surface area contributed by atoms with Crippen LogP contribution in [0.2, 0.25) is 0 Å². The number of nitrogens with zero attached hydrogens (tertiary/aromatic N) is 2. The van der Waals surface area contributed by atoms with Crippen molar-refractivity contribution in [1.82, 2.24) is 20.4 Å². The van der Waals surface area contributed by atoms with Gasteiger partial charge in [-0.25, -0.2) is 0 Å². The van der Waals surface area contributed by atoms with Gasteiger partial charge in [-0.3, -0.25) is 14.7 Å². The largest absolute Gasteiger partial charge is 0.377 e. The average Bonchev–Trinajstić information content (AvgIpc) is 2.83. The molecule has 1 fully saturated rings. The number of carbonyl (C=O) groups is 2. The van der Waals surface area contributed by atoms with Crippen molar-refractivity contribution in [3.05, 3.63) is 17.5 Å². The maximum Gasteiger partial charge on any atom is 0.258 e. The standard InChI is InChI=1S/C13H20N4O3/c1-8(2)15-12(18)11-7-20-5-4-17(11)13(19)10-6-14-16-9(10)3/h6,8,11H,4-5,7H2,1-3H3,(H,14,16)(H,15,18). The van der Waals surface area contributed by atoms with Gasteiger partial charge in [0, 0.05) is 18.3 Å². The summed E-state index contributed by atoms with van der Waals surface area (Å²) in [5.41, 5.74) is 1.19. The number of ether oxygens (including phenoxy) is 1. The lowest BCUT2D eigenvalue weighted by atomic mass is 10.1. The van der Waals surface area contributed by atoms with Gasteiger partial charge in [-0.15, -0.1) is 0 Å². The summed E-state index contributed by atoms with van der Waals surface area (Å²) in [4.78, 5) is 26.2. The van der Waals surface area contributed by atoms with Crippen molar-refractivity contribution in [1.29, 1.82) is 0 Å². The van der Waals surface area contributed by atoms with Gasteiger partial charge in [0.1, 0.15) is 6.04 Å². The number of morpholine rings is 1. The number of H-pyrrole nitrogens is 1. The van der Waals surface area contributed by atoms with Crippen molar-refractivity contribution < 1.29 is 14.3 Å². The zero-order chi connectivity index (χ0) is 14.7. The number of aryl methyl sites for hydroxylation is 1. The molecule has 2 N–H and O–H groups in total. The highest BCUT2D eigenvalue weighted by molar-refractivity contribution is 5.98. The Labute approximate surface area is 117 Å². The highest BCUT2D eigenvalue weighted by atomic mass is 16.5. The Bertz CT molecular complexity index is 498. The second-order valence-electron chi connectivity index (χ2n) is 5.16. The number of hydrogen-bond acceptors (Lipinski definition) is 4. The summed E-state index contributed by atoms with van der Waals surface area (Å²) in [6, 6.07) is -0.565. The van der Waals surface area contributed by atoms with Gasteiger partial charge in [0.05, 0.1) is 25.0 Å². The summed E-state index contributed by atoms with van der Waals surface area (Å²) in [6.07, 6.45) is 1.49. The molecule has 1 aromatic heterocycles. The molecule has 1 aromatic rings. The summed E-state index contributed by atoms with van der Waals surface area (Å²) in [5.74, 6) is -0.377. The maximum absolute atomic E-state index is 12.5. The molecule has 2 rings (SSSR count). The van der Waals surface area contributed by atoms with Gasteiger partial charge in [-0.1, -0.05) is 0 Å². The van der Waals surface area contributed by atoms with Crippen LogP contribution >= 0.6 is 0 Å². The maximum atomic E-state index is 12.5. The van der Waals surface area contributed by atoms with E-state index in [0.717, 1.165) is 0 Å². The topological polar surface area (TPSA) is 87.3 Å². The second kappa shape index (κ2) is 6.04. The normalized spacial score (nSPS) is 19.2. The Hall–Kier alpha value is -1.89. The van der Waals surface area contributed by atoms with E-state index in [1.807, 2.05) is 13.8 Å². The van der Waals surface area contributed by atoms with Crippen LogP contribution in [0.3, 0.4) is 0 Å². The molecule has 0 spiro atoms. The van der Waals surface area contributed by atoms with Gasteiger partial charge >= 0.3 is 0 Å². The van der Waals surface area contributed by atoms with E-state index < -0.39 is 6.04 Å². The van der Waals surface area contributed by atoms with Gasteiger partial charge in [-0.05, 0) is 20.8 Å². The molecule has 1 saturated heterocycles. The van der Waals surface area contributed by atoms with Crippen molar-refractivity contribution in [2.75, 3.05) is 19.8 Å². The first-order valence-electron chi connectivity index (χ1n) is 6.69. The summed E-state index contributed by atoms with van der Waals surface area (Å²) >= 11 is 0. The Morgan fingerprint density at radius 2 is 2.30 bits per heavy atom. The zero-order valence-electron chi connectivity index (χ0n) is 12.0. The summed E-state index contributed by atoms with van der Waals surface area (Å²) in [5, 5.41) is 9.41. The van der Waals surface area contributed by atoms with Crippen LogP contribution in [0.15, 0.2) is 6.20 Å². The molecule has 0 radical (unpaired) electrons. The molecule has 20 heavy (non-hydrogen) atoms. The van der Waals surface area contributed by atoms with Crippen LogP contribution in [0.25, 0.3) is 0 Å². The minimum Gasteiger partial charge on any atom is -0.377 e. The molecule has 1 aliphatic heterocycles. The molecular weight excluding hydrogens is 260 g/mol. The molecule has 0 aromatic carbocycles. The summed E-state index contributed by atoms with van der Waals surface area (Å²) in [6.45, 7) is 6.61. The molecular formula is C13H20N4O3. The van der Waals surface area contributed by atoms with Crippen molar-refractivity contribution in [3.8, 4) is 0 Å². The molecule has 0 bridgehead atoms. The molecule has 7 heteroatoms. The van der Waals surface area contributed by atoms with Gasteiger partial charge in [0.15, 0.2) is 0 Å². The third kappa shape index (κ3) is 2.98. The predicted octanol–water partition coefficient (Wildman–Crippen LogP) is 0.0837. The van der Waals surface area contributed by atoms with E-state index in [2.05, 4.69) is 15.5 Å². The smallest absolute Gasteiger partial charge is 0.258 e. The molecule has 1 aliphatic rings. The van der Waals surface area contributed by atoms with Crippen LogP contribution in [-0.2, 0) is 9.53 Å². The minimum atomic E-state index is -0.590. The number of nitrogens with one attached hydrogen (secondary N) is 2. The lowest BCUT2D eigenvalue weighted by Crippen LogP contribution is -2.56. The van der Waals surface area contributed by atoms with Gasteiger partial charge in [0.25, 0.3) is 5.91 Å². The third-order valence-electron chi connectivity index (χ3n) is 3.18. The second-order valence-corrected chi connectivity index (χ2v) is 5.16. The van der Waals surface area contributed by atoms with E-state index in [4.69, 9.17) is 4.74 Å². The monoisotopic (exact) mass is 280 g/mol. The molecule has 0 aliphatic carbocycles. The van der Waals surface area contributed by atoms with Gasteiger partial charge in [-0.2, -0.15) is 5.10 Å². The van der Waals surface area contributed by atoms with Gasteiger partial charge < -0.3 is 15.0 Å². The molecule has 110 valence electrons. The van der Waals surface area contributed by atoms with E-state index >= 15 is 0 Å². The Kier molecular flexibility index (Phi) is 4.39. The first-order chi connectivity index (χ1) is 9.50. The lowest BCUT2D eigenvalue weighted by molar-refractivity contribution is -0.131. The fraction of sp³-hybridized carbons (Fsp3) is 0.615. The summed E-state index contributed by atoms with van der Waals surface area (Å²) < 4.78 is 5.33. The van der Waals surface area contributed by atoms with Crippen LogP contribution in [0.1, 0.15) is 29.9 Å². The Morgan fingerprint density at radius 1 is 1.55 bits per heavy atom. The van der Waals surface area contributed by atoms with E-state index in [1.54, 1.807) is 11.8 Å². The van der Waals surface area contributed by atoms with Crippen molar-refractivity contribution in [2.24, 2.45) is 0 Å². The van der Waals surface area contributed by atoms with Crippen molar-refractivity contribution in [3.63, 3.8) is 0 Å². The molecule has 2 amide bonds. The van der Waals surface area contributed by atoms with E-state index in [9.17, 15) is 9.59 Å². The zero-order valence-corrected chi connectivity index (χ0v) is 12.0. The highest BCUT2D eigenvalue weighted by Crippen LogP contribution is 2.14.